The molecule has 0 atom stereocenters. The number of benzene rings is 1. The zero-order chi connectivity index (χ0) is 14.4. The molecule has 0 saturated heterocycles. The summed E-state index contributed by atoms with van der Waals surface area (Å²) in [5.41, 5.74) is 8.38. The molecule has 3 N–H and O–H groups in total. The van der Waals surface area contributed by atoms with E-state index in [0.717, 1.165) is 47.2 Å². The van der Waals surface area contributed by atoms with E-state index in [2.05, 4.69) is 15.3 Å². The quantitative estimate of drug-likeness (QED) is 0.802. The van der Waals surface area contributed by atoms with Gasteiger partial charge in [0, 0.05) is 23.6 Å². The Kier molecular flexibility index (Phi) is 5.32. The third kappa shape index (κ3) is 3.68. The highest BCUT2D eigenvalue weighted by Crippen LogP contribution is 2.26. The van der Waals surface area contributed by atoms with Gasteiger partial charge in [-0.1, -0.05) is 30.7 Å². The van der Waals surface area contributed by atoms with E-state index in [1.165, 1.54) is 0 Å². The van der Waals surface area contributed by atoms with Crippen LogP contribution in [0.25, 0.3) is 11.3 Å². The molecule has 1 aromatic heterocycles. The number of aryl methyl sites for hydroxylation is 1. The first-order chi connectivity index (χ1) is 9.74. The van der Waals surface area contributed by atoms with Crippen LogP contribution in [-0.4, -0.2) is 23.1 Å². The van der Waals surface area contributed by atoms with Gasteiger partial charge in [0.15, 0.2) is 0 Å². The van der Waals surface area contributed by atoms with Gasteiger partial charge in [0.1, 0.15) is 5.82 Å². The summed E-state index contributed by atoms with van der Waals surface area (Å²) in [5.74, 6) is 0.833. The van der Waals surface area contributed by atoms with E-state index in [4.69, 9.17) is 17.3 Å². The smallest absolute Gasteiger partial charge is 0.128 e. The predicted molar refractivity (Wildman–Crippen MR) is 84.0 cm³/mol. The number of nitrogens with zero attached hydrogens (tertiary/aromatic N) is 2. The zero-order valence-electron chi connectivity index (χ0n) is 11.6. The van der Waals surface area contributed by atoms with Crippen molar-refractivity contribution < 1.29 is 0 Å². The van der Waals surface area contributed by atoms with Crippen molar-refractivity contribution in [3.8, 4) is 11.3 Å². The van der Waals surface area contributed by atoms with Gasteiger partial charge >= 0.3 is 0 Å². The molecule has 2 aromatic rings. The Bertz CT molecular complexity index is 554. The minimum Gasteiger partial charge on any atom is -0.382 e. The lowest BCUT2D eigenvalue weighted by Crippen LogP contribution is -2.10. The topological polar surface area (TPSA) is 63.8 Å². The van der Waals surface area contributed by atoms with Gasteiger partial charge in [-0.2, -0.15) is 0 Å². The fourth-order valence-electron chi connectivity index (χ4n) is 1.87. The summed E-state index contributed by atoms with van der Waals surface area (Å²) in [4.78, 5) is 8.97. The van der Waals surface area contributed by atoms with Crippen LogP contribution in [0.4, 0.5) is 5.69 Å². The van der Waals surface area contributed by atoms with Crippen LogP contribution in [0.15, 0.2) is 30.5 Å². The molecule has 0 fully saturated rings. The van der Waals surface area contributed by atoms with Gasteiger partial charge in [-0.05, 0) is 25.1 Å². The monoisotopic (exact) mass is 290 g/mol. The number of aromatic nitrogens is 2. The van der Waals surface area contributed by atoms with Crippen LogP contribution in [0.3, 0.4) is 0 Å². The number of rotatable bonds is 6. The highest BCUT2D eigenvalue weighted by atomic mass is 35.5. The van der Waals surface area contributed by atoms with Gasteiger partial charge in [-0.3, -0.25) is 0 Å². The van der Waals surface area contributed by atoms with Crippen molar-refractivity contribution in [2.45, 2.75) is 19.8 Å². The predicted octanol–water partition coefficient (Wildman–Crippen LogP) is 3.12. The number of hydrogen-bond donors (Lipinski definition) is 2. The van der Waals surface area contributed by atoms with E-state index in [0.29, 0.717) is 6.54 Å². The van der Waals surface area contributed by atoms with Crippen LogP contribution < -0.4 is 11.1 Å². The lowest BCUT2D eigenvalue weighted by molar-refractivity contribution is 0.869. The highest BCUT2D eigenvalue weighted by molar-refractivity contribution is 6.30. The third-order valence-corrected chi connectivity index (χ3v) is 3.22. The van der Waals surface area contributed by atoms with Gasteiger partial charge in [-0.25, -0.2) is 9.97 Å². The van der Waals surface area contributed by atoms with Crippen LogP contribution in [0.5, 0.6) is 0 Å². The fraction of sp³-hybridized carbons (Fsp3) is 0.333. The van der Waals surface area contributed by atoms with Crippen molar-refractivity contribution in [1.82, 2.24) is 9.97 Å². The largest absolute Gasteiger partial charge is 0.382 e. The van der Waals surface area contributed by atoms with Crippen LogP contribution >= 0.6 is 11.6 Å². The minimum absolute atomic E-state index is 0.664. The lowest BCUT2D eigenvalue weighted by Gasteiger charge is -2.12. The second-order valence-corrected chi connectivity index (χ2v) is 4.91. The molecular weight excluding hydrogens is 272 g/mol. The highest BCUT2D eigenvalue weighted by Gasteiger charge is 2.09. The molecule has 0 amide bonds. The fourth-order valence-corrected chi connectivity index (χ4v) is 2.00. The van der Waals surface area contributed by atoms with E-state index >= 15 is 0 Å². The Balaban J connectivity index is 2.33. The third-order valence-electron chi connectivity index (χ3n) is 2.97. The van der Waals surface area contributed by atoms with Crippen molar-refractivity contribution in [2.75, 3.05) is 18.4 Å². The first-order valence-electron chi connectivity index (χ1n) is 6.80. The molecule has 0 aliphatic rings. The molecule has 2 rings (SSSR count). The van der Waals surface area contributed by atoms with Crippen LogP contribution in [0.2, 0.25) is 5.02 Å². The standard InChI is InChI=1S/C15H19ClN4/c1-2-14-19-10-13(18-9-3-8-17)15(20-14)11-4-6-12(16)7-5-11/h4-7,10,18H,2-3,8-9,17H2,1H3. The molecule has 106 valence electrons. The maximum atomic E-state index is 5.94. The number of hydrogen-bond acceptors (Lipinski definition) is 4. The second kappa shape index (κ2) is 7.22. The Morgan fingerprint density at radius 3 is 2.65 bits per heavy atom. The van der Waals surface area contributed by atoms with Crippen molar-refractivity contribution in [2.24, 2.45) is 5.73 Å². The molecule has 0 aliphatic heterocycles. The Labute approximate surface area is 124 Å². The van der Waals surface area contributed by atoms with E-state index in [-0.39, 0.29) is 0 Å². The molecule has 20 heavy (non-hydrogen) atoms. The summed E-state index contributed by atoms with van der Waals surface area (Å²) in [6.45, 7) is 3.52. The van der Waals surface area contributed by atoms with E-state index < -0.39 is 0 Å². The molecule has 0 aliphatic carbocycles. The van der Waals surface area contributed by atoms with Gasteiger partial charge in [0.2, 0.25) is 0 Å². The van der Waals surface area contributed by atoms with Crippen LogP contribution in [-0.2, 0) is 6.42 Å². The molecule has 0 spiro atoms. The Morgan fingerprint density at radius 2 is 2.00 bits per heavy atom. The number of halogens is 1. The molecule has 5 heteroatoms. The summed E-state index contributed by atoms with van der Waals surface area (Å²) in [5, 5.41) is 4.06. The van der Waals surface area contributed by atoms with Crippen molar-refractivity contribution in [3.05, 3.63) is 41.3 Å². The Morgan fingerprint density at radius 1 is 1.25 bits per heavy atom. The van der Waals surface area contributed by atoms with E-state index in [1.54, 1.807) is 0 Å². The zero-order valence-corrected chi connectivity index (χ0v) is 12.3. The number of anilines is 1. The summed E-state index contributed by atoms with van der Waals surface area (Å²) in [7, 11) is 0. The minimum atomic E-state index is 0.664. The summed E-state index contributed by atoms with van der Waals surface area (Å²) >= 11 is 5.94. The van der Waals surface area contributed by atoms with Crippen molar-refractivity contribution in [3.63, 3.8) is 0 Å². The Hall–Kier alpha value is -1.65. The van der Waals surface area contributed by atoms with E-state index in [9.17, 15) is 0 Å². The van der Waals surface area contributed by atoms with Gasteiger partial charge in [0.25, 0.3) is 0 Å². The summed E-state index contributed by atoms with van der Waals surface area (Å²) in [6, 6.07) is 7.68. The number of nitrogens with one attached hydrogen (secondary N) is 1. The molecular formula is C15H19ClN4. The molecule has 4 nitrogen and oxygen atoms in total. The lowest BCUT2D eigenvalue weighted by atomic mass is 10.1. The molecule has 0 unspecified atom stereocenters. The van der Waals surface area contributed by atoms with E-state index in [1.807, 2.05) is 37.4 Å². The van der Waals surface area contributed by atoms with Gasteiger partial charge in [0.05, 0.1) is 17.6 Å². The second-order valence-electron chi connectivity index (χ2n) is 4.48. The molecule has 1 heterocycles. The molecule has 1 aromatic carbocycles. The first kappa shape index (κ1) is 14.8. The van der Waals surface area contributed by atoms with Gasteiger partial charge in [-0.15, -0.1) is 0 Å². The van der Waals surface area contributed by atoms with Crippen molar-refractivity contribution >= 4 is 17.3 Å². The SMILES string of the molecule is CCc1ncc(NCCCN)c(-c2ccc(Cl)cc2)n1. The van der Waals surface area contributed by atoms with Crippen molar-refractivity contribution in [1.29, 1.82) is 0 Å². The normalized spacial score (nSPS) is 10.6. The summed E-state index contributed by atoms with van der Waals surface area (Å²) < 4.78 is 0. The summed E-state index contributed by atoms with van der Waals surface area (Å²) in [6.07, 6.45) is 3.56. The number of nitrogens with two attached hydrogens (primary N) is 1. The molecule has 0 bridgehead atoms. The maximum absolute atomic E-state index is 5.94. The average Bonchev–Trinajstić information content (AvgIpc) is 2.48. The molecule has 0 saturated carbocycles. The van der Waals surface area contributed by atoms with Crippen LogP contribution in [0.1, 0.15) is 19.2 Å². The molecule has 0 radical (unpaired) electrons. The maximum Gasteiger partial charge on any atom is 0.128 e. The average molecular weight is 291 g/mol. The van der Waals surface area contributed by atoms with Crippen LogP contribution in [0, 0.1) is 0 Å². The first-order valence-corrected chi connectivity index (χ1v) is 7.18. The van der Waals surface area contributed by atoms with Gasteiger partial charge < -0.3 is 11.1 Å².